The zero-order valence-corrected chi connectivity index (χ0v) is 11.7. The van der Waals surface area contributed by atoms with Crippen LogP contribution in [0.15, 0.2) is 12.3 Å². The molecule has 20 heavy (non-hydrogen) atoms. The van der Waals surface area contributed by atoms with Gasteiger partial charge in [0.1, 0.15) is 0 Å². The third-order valence-corrected chi connectivity index (χ3v) is 4.06. The average Bonchev–Trinajstić information content (AvgIpc) is 2.44. The molecule has 1 aromatic heterocycles. The van der Waals surface area contributed by atoms with Crippen LogP contribution in [0.2, 0.25) is 0 Å². The van der Waals surface area contributed by atoms with Gasteiger partial charge in [-0.1, -0.05) is 32.6 Å². The first-order valence-electron chi connectivity index (χ1n) is 7.16. The summed E-state index contributed by atoms with van der Waals surface area (Å²) in [5.41, 5.74) is -0.283. The van der Waals surface area contributed by atoms with E-state index in [1.165, 1.54) is 31.7 Å². The highest BCUT2D eigenvalue weighted by molar-refractivity contribution is 5.94. The minimum absolute atomic E-state index is 0.283. The van der Waals surface area contributed by atoms with Gasteiger partial charge in [0.25, 0.3) is 5.91 Å². The molecule has 0 aromatic carbocycles. The molecule has 0 aliphatic heterocycles. The lowest BCUT2D eigenvalue weighted by molar-refractivity contribution is 0.0944. The molecule has 2 rings (SSSR count). The molecular weight excluding hydrogens is 262 g/mol. The van der Waals surface area contributed by atoms with Gasteiger partial charge in [-0.2, -0.15) is 4.39 Å². The van der Waals surface area contributed by atoms with E-state index < -0.39 is 17.7 Å². The molecular formula is C15H20F2N2O. The summed E-state index contributed by atoms with van der Waals surface area (Å²) in [6.45, 7) is 2.76. The highest BCUT2D eigenvalue weighted by Gasteiger charge is 2.19. The largest absolute Gasteiger partial charge is 0.352 e. The van der Waals surface area contributed by atoms with Crippen molar-refractivity contribution < 1.29 is 13.6 Å². The molecule has 0 radical (unpaired) electrons. The smallest absolute Gasteiger partial charge is 0.254 e. The minimum atomic E-state index is -1.24. The molecule has 0 saturated heterocycles. The molecule has 1 saturated carbocycles. The fourth-order valence-electron chi connectivity index (χ4n) is 2.70. The molecule has 0 atom stereocenters. The van der Waals surface area contributed by atoms with E-state index in [1.807, 2.05) is 0 Å². The van der Waals surface area contributed by atoms with Crippen molar-refractivity contribution in [3.05, 3.63) is 29.6 Å². The van der Waals surface area contributed by atoms with Gasteiger partial charge in [-0.3, -0.25) is 4.79 Å². The van der Waals surface area contributed by atoms with E-state index >= 15 is 0 Å². The predicted octanol–water partition coefficient (Wildman–Crippen LogP) is 3.31. The fraction of sp³-hybridized carbons (Fsp3) is 0.600. The summed E-state index contributed by atoms with van der Waals surface area (Å²) >= 11 is 0. The van der Waals surface area contributed by atoms with Gasteiger partial charge in [0.15, 0.2) is 5.82 Å². The van der Waals surface area contributed by atoms with Crippen LogP contribution in [0.1, 0.15) is 49.4 Å². The van der Waals surface area contributed by atoms with E-state index in [0.29, 0.717) is 12.5 Å². The van der Waals surface area contributed by atoms with Crippen LogP contribution in [0.5, 0.6) is 0 Å². The molecule has 0 bridgehead atoms. The van der Waals surface area contributed by atoms with Gasteiger partial charge in [-0.15, -0.1) is 0 Å². The third kappa shape index (κ3) is 3.74. The van der Waals surface area contributed by atoms with Crippen molar-refractivity contribution in [1.29, 1.82) is 0 Å². The van der Waals surface area contributed by atoms with Gasteiger partial charge in [-0.25, -0.2) is 9.37 Å². The monoisotopic (exact) mass is 282 g/mol. The molecule has 1 heterocycles. The van der Waals surface area contributed by atoms with Gasteiger partial charge >= 0.3 is 0 Å². The second-order valence-electron chi connectivity index (χ2n) is 5.63. The van der Waals surface area contributed by atoms with E-state index in [-0.39, 0.29) is 5.56 Å². The molecule has 0 spiro atoms. The number of halogens is 2. The van der Waals surface area contributed by atoms with E-state index in [1.54, 1.807) is 0 Å². The number of amides is 1. The number of nitrogens with one attached hydrogen (secondary N) is 1. The highest BCUT2D eigenvalue weighted by Crippen LogP contribution is 2.29. The Bertz CT molecular complexity index is 471. The Kier molecular flexibility index (Phi) is 5.04. The summed E-state index contributed by atoms with van der Waals surface area (Å²) in [7, 11) is 0. The molecule has 1 amide bonds. The van der Waals surface area contributed by atoms with Crippen molar-refractivity contribution in [2.45, 2.75) is 39.0 Å². The molecule has 1 aliphatic carbocycles. The lowest BCUT2D eigenvalue weighted by atomic mass is 9.81. The van der Waals surface area contributed by atoms with Gasteiger partial charge < -0.3 is 5.32 Å². The maximum atomic E-state index is 13.4. The zero-order chi connectivity index (χ0) is 14.5. The summed E-state index contributed by atoms with van der Waals surface area (Å²) in [6, 6.07) is 1.19. The Morgan fingerprint density at radius 1 is 1.35 bits per heavy atom. The van der Waals surface area contributed by atoms with Gasteiger partial charge in [0.2, 0.25) is 5.95 Å². The van der Waals surface area contributed by atoms with Crippen molar-refractivity contribution in [3.8, 4) is 0 Å². The minimum Gasteiger partial charge on any atom is -0.352 e. The van der Waals surface area contributed by atoms with E-state index in [2.05, 4.69) is 17.2 Å². The third-order valence-electron chi connectivity index (χ3n) is 4.06. The number of pyridine rings is 1. The van der Waals surface area contributed by atoms with Crippen molar-refractivity contribution in [3.63, 3.8) is 0 Å². The Labute approximate surface area is 117 Å². The summed E-state index contributed by atoms with van der Waals surface area (Å²) in [5.74, 6) is -1.57. The molecule has 110 valence electrons. The molecule has 1 N–H and O–H groups in total. The first-order chi connectivity index (χ1) is 9.58. The average molecular weight is 282 g/mol. The van der Waals surface area contributed by atoms with Crippen molar-refractivity contribution in [1.82, 2.24) is 10.3 Å². The summed E-state index contributed by atoms with van der Waals surface area (Å²) < 4.78 is 26.3. The van der Waals surface area contributed by atoms with Gasteiger partial charge in [0, 0.05) is 12.7 Å². The van der Waals surface area contributed by atoms with Crippen molar-refractivity contribution in [2.75, 3.05) is 6.54 Å². The molecule has 5 heteroatoms. The molecule has 1 fully saturated rings. The Hall–Kier alpha value is -1.52. The van der Waals surface area contributed by atoms with E-state index in [4.69, 9.17) is 0 Å². The number of nitrogens with zero attached hydrogens (tertiary/aromatic N) is 1. The number of carbonyl (C=O) groups is 1. The second kappa shape index (κ2) is 6.77. The van der Waals surface area contributed by atoms with Gasteiger partial charge in [0.05, 0.1) is 5.56 Å². The van der Waals surface area contributed by atoms with Crippen LogP contribution in [-0.4, -0.2) is 17.4 Å². The predicted molar refractivity (Wildman–Crippen MR) is 72.2 cm³/mol. The fourth-order valence-corrected chi connectivity index (χ4v) is 2.70. The van der Waals surface area contributed by atoms with Crippen LogP contribution in [0.3, 0.4) is 0 Å². The lowest BCUT2D eigenvalue weighted by Crippen LogP contribution is -2.28. The Balaban J connectivity index is 1.79. The number of rotatable bonds is 4. The van der Waals surface area contributed by atoms with Crippen LogP contribution in [0.25, 0.3) is 0 Å². The molecule has 1 aromatic rings. The summed E-state index contributed by atoms with van der Waals surface area (Å²) in [4.78, 5) is 14.9. The topological polar surface area (TPSA) is 42.0 Å². The zero-order valence-electron chi connectivity index (χ0n) is 11.7. The number of hydrogen-bond donors (Lipinski definition) is 1. The van der Waals surface area contributed by atoms with Crippen LogP contribution < -0.4 is 5.32 Å². The molecule has 1 aliphatic rings. The molecule has 3 nitrogen and oxygen atoms in total. The van der Waals surface area contributed by atoms with E-state index in [0.717, 1.165) is 18.5 Å². The quantitative estimate of drug-likeness (QED) is 0.861. The maximum absolute atomic E-state index is 13.4. The first kappa shape index (κ1) is 14.9. The normalized spacial score (nSPS) is 22.6. The van der Waals surface area contributed by atoms with Crippen LogP contribution >= 0.6 is 0 Å². The first-order valence-corrected chi connectivity index (χ1v) is 7.16. The van der Waals surface area contributed by atoms with Gasteiger partial charge in [-0.05, 0) is 24.3 Å². The lowest BCUT2D eigenvalue weighted by Gasteiger charge is -2.26. The maximum Gasteiger partial charge on any atom is 0.254 e. The summed E-state index contributed by atoms with van der Waals surface area (Å²) in [5, 5.41) is 2.65. The van der Waals surface area contributed by atoms with Crippen molar-refractivity contribution in [2.24, 2.45) is 11.8 Å². The Morgan fingerprint density at radius 2 is 2.05 bits per heavy atom. The van der Waals surface area contributed by atoms with Crippen LogP contribution in [-0.2, 0) is 0 Å². The number of hydrogen-bond acceptors (Lipinski definition) is 2. The van der Waals surface area contributed by atoms with Crippen molar-refractivity contribution >= 4 is 5.91 Å². The van der Waals surface area contributed by atoms with Crippen LogP contribution in [0.4, 0.5) is 8.78 Å². The second-order valence-corrected chi connectivity index (χ2v) is 5.63. The highest BCUT2D eigenvalue weighted by atomic mass is 19.2. The summed E-state index contributed by atoms with van der Waals surface area (Å²) in [6.07, 6.45) is 6.85. The van der Waals surface area contributed by atoms with Crippen LogP contribution in [0, 0.1) is 23.6 Å². The Morgan fingerprint density at radius 3 is 2.75 bits per heavy atom. The SMILES string of the molecule is CC1CCC(CCNC(=O)c2ccnc(F)c2F)CC1. The number of aromatic nitrogens is 1. The number of carbonyl (C=O) groups excluding carboxylic acids is 1. The molecule has 0 unspecified atom stereocenters. The van der Waals surface area contributed by atoms with E-state index in [9.17, 15) is 13.6 Å². The standard InChI is InChI=1S/C15H20F2N2O/c1-10-2-4-11(5-3-10)6-8-19-15(20)12-7-9-18-14(17)13(12)16/h7,9-11H,2-6,8H2,1H3,(H,19,20).